The Morgan fingerprint density at radius 1 is 1.03 bits per heavy atom. The van der Waals surface area contributed by atoms with E-state index in [1.54, 1.807) is 0 Å². The third-order valence-corrected chi connectivity index (χ3v) is 4.55. The van der Waals surface area contributed by atoms with Gasteiger partial charge in [-0.1, -0.05) is 30.3 Å². The summed E-state index contributed by atoms with van der Waals surface area (Å²) in [5.74, 6) is -2.08. The number of carboxylic acids is 1. The van der Waals surface area contributed by atoms with Crippen molar-refractivity contribution in [2.75, 3.05) is 26.2 Å². The normalized spacial score (nSPS) is 18.7. The van der Waals surface area contributed by atoms with Crippen molar-refractivity contribution in [3.63, 3.8) is 0 Å². The first-order chi connectivity index (χ1) is 14.0. The highest BCUT2D eigenvalue weighted by molar-refractivity contribution is 5.95. The van der Waals surface area contributed by atoms with Gasteiger partial charge in [0.05, 0.1) is 0 Å². The molecule has 0 aliphatic carbocycles. The van der Waals surface area contributed by atoms with Crippen molar-refractivity contribution < 1.29 is 24.2 Å². The Morgan fingerprint density at radius 2 is 1.76 bits per heavy atom. The van der Waals surface area contributed by atoms with Crippen LogP contribution in [0.3, 0.4) is 0 Å². The molecule has 160 valence electrons. The van der Waals surface area contributed by atoms with E-state index in [0.717, 1.165) is 37.9 Å². The highest BCUT2D eigenvalue weighted by atomic mass is 16.6. The third-order valence-electron chi connectivity index (χ3n) is 4.55. The number of amides is 2. The molecule has 1 heterocycles. The second kappa shape index (κ2) is 12.2. The Morgan fingerprint density at radius 3 is 2.41 bits per heavy atom. The molecule has 1 aliphatic heterocycles. The minimum absolute atomic E-state index is 0.306. The Bertz CT molecular complexity index is 670. The maximum Gasteiger partial charge on any atom is 0.336 e. The van der Waals surface area contributed by atoms with Crippen molar-refractivity contribution in [1.82, 2.24) is 16.0 Å². The van der Waals surface area contributed by atoms with Gasteiger partial charge in [0.1, 0.15) is 6.04 Å². The number of carbonyl (C=O) groups is 3. The van der Waals surface area contributed by atoms with Gasteiger partial charge in [0, 0.05) is 13.0 Å². The van der Waals surface area contributed by atoms with Gasteiger partial charge in [-0.2, -0.15) is 0 Å². The molecule has 1 aliphatic rings. The van der Waals surface area contributed by atoms with E-state index in [1.807, 2.05) is 30.3 Å². The van der Waals surface area contributed by atoms with Gasteiger partial charge in [-0.3, -0.25) is 9.59 Å². The first-order valence-corrected chi connectivity index (χ1v) is 9.94. The molecule has 6 N–H and O–H groups in total. The molecule has 1 aromatic carbocycles. The number of rotatable bonds is 14. The lowest BCUT2D eigenvalue weighted by atomic mass is 10.0. The van der Waals surface area contributed by atoms with Gasteiger partial charge in [0.25, 0.3) is 5.91 Å². The molecule has 0 radical (unpaired) electrons. The fourth-order valence-electron chi connectivity index (χ4n) is 2.88. The highest BCUT2D eigenvalue weighted by Gasteiger charge is 2.51. The zero-order valence-corrected chi connectivity index (χ0v) is 16.4. The summed E-state index contributed by atoms with van der Waals surface area (Å²) in [4.78, 5) is 35.7. The highest BCUT2D eigenvalue weighted by Crippen LogP contribution is 2.22. The predicted molar refractivity (Wildman–Crippen MR) is 107 cm³/mol. The zero-order chi connectivity index (χ0) is 21.1. The molecule has 0 saturated carbocycles. The van der Waals surface area contributed by atoms with Crippen LogP contribution in [0.1, 0.15) is 24.8 Å². The molecule has 1 fully saturated rings. The smallest absolute Gasteiger partial charge is 0.336 e. The molecule has 9 heteroatoms. The first-order valence-electron chi connectivity index (χ1n) is 9.94. The number of carboxylic acid groups (broad SMARTS) is 1. The predicted octanol–water partition coefficient (Wildman–Crippen LogP) is -0.599. The van der Waals surface area contributed by atoms with E-state index in [4.69, 9.17) is 15.6 Å². The summed E-state index contributed by atoms with van der Waals surface area (Å²) < 4.78 is 4.87. The second-order valence-corrected chi connectivity index (χ2v) is 6.96. The van der Waals surface area contributed by atoms with Crippen molar-refractivity contribution in [3.05, 3.63) is 35.9 Å². The van der Waals surface area contributed by atoms with Crippen LogP contribution in [0.25, 0.3) is 0 Å². The Hall–Kier alpha value is -2.49. The molecule has 29 heavy (non-hydrogen) atoms. The van der Waals surface area contributed by atoms with Crippen molar-refractivity contribution >= 4 is 17.8 Å². The summed E-state index contributed by atoms with van der Waals surface area (Å²) in [5.41, 5.74) is 6.33. The standard InChI is InChI=1S/C20H30N4O5/c21-9-4-5-10-22-11-6-12-23-18(25)15(13-14-7-2-1-3-8-14)24-19(26)16-17(29-16)20(27)28/h1-3,7-8,15-17,22H,4-6,9-13,21H2,(H,23,25)(H,24,26)(H,27,28)/t15-,16+,17+/m0/s1. The van der Waals surface area contributed by atoms with Gasteiger partial charge in [0.2, 0.25) is 5.91 Å². The number of aliphatic carboxylic acids is 1. The molecule has 2 rings (SSSR count). The number of unbranched alkanes of at least 4 members (excludes halogenated alkanes) is 1. The van der Waals surface area contributed by atoms with Crippen LogP contribution < -0.4 is 21.7 Å². The van der Waals surface area contributed by atoms with Gasteiger partial charge in [-0.15, -0.1) is 0 Å². The van der Waals surface area contributed by atoms with E-state index in [1.165, 1.54) is 0 Å². The van der Waals surface area contributed by atoms with Gasteiger partial charge < -0.3 is 31.5 Å². The fourth-order valence-corrected chi connectivity index (χ4v) is 2.88. The van der Waals surface area contributed by atoms with E-state index in [0.29, 0.717) is 19.5 Å². The number of benzene rings is 1. The third kappa shape index (κ3) is 8.18. The van der Waals surface area contributed by atoms with Crippen LogP contribution in [0.5, 0.6) is 0 Å². The van der Waals surface area contributed by atoms with E-state index in [-0.39, 0.29) is 5.91 Å². The number of ether oxygens (including phenoxy) is 1. The maximum absolute atomic E-state index is 12.6. The number of carbonyl (C=O) groups excluding carboxylic acids is 2. The van der Waals surface area contributed by atoms with Crippen molar-refractivity contribution in [2.24, 2.45) is 5.73 Å². The topological polar surface area (TPSA) is 146 Å². The van der Waals surface area contributed by atoms with Crippen molar-refractivity contribution in [2.45, 2.75) is 43.9 Å². The van der Waals surface area contributed by atoms with Gasteiger partial charge in [-0.25, -0.2) is 4.79 Å². The van der Waals surface area contributed by atoms with E-state index in [2.05, 4.69) is 16.0 Å². The molecule has 3 atom stereocenters. The minimum atomic E-state index is -1.19. The molecular weight excluding hydrogens is 376 g/mol. The summed E-state index contributed by atoms with van der Waals surface area (Å²) in [7, 11) is 0. The molecule has 0 aromatic heterocycles. The zero-order valence-electron chi connectivity index (χ0n) is 16.4. The quantitative estimate of drug-likeness (QED) is 0.205. The largest absolute Gasteiger partial charge is 0.479 e. The summed E-state index contributed by atoms with van der Waals surface area (Å²) in [5, 5.41) is 17.6. The van der Waals surface area contributed by atoms with Gasteiger partial charge >= 0.3 is 5.97 Å². The number of nitrogens with two attached hydrogens (primary N) is 1. The number of hydrogen-bond acceptors (Lipinski definition) is 6. The molecule has 2 amide bonds. The summed E-state index contributed by atoms with van der Waals surface area (Å²) in [6, 6.07) is 8.50. The summed E-state index contributed by atoms with van der Waals surface area (Å²) in [6.07, 6.45) is 0.886. The molecule has 1 aromatic rings. The number of epoxide rings is 1. The Kier molecular flexibility index (Phi) is 9.55. The monoisotopic (exact) mass is 406 g/mol. The molecule has 0 spiro atoms. The number of hydrogen-bond donors (Lipinski definition) is 5. The van der Waals surface area contributed by atoms with Crippen LogP contribution in [0.15, 0.2) is 30.3 Å². The fraction of sp³-hybridized carbons (Fsp3) is 0.550. The van der Waals surface area contributed by atoms with Crippen LogP contribution >= 0.6 is 0 Å². The van der Waals surface area contributed by atoms with Crippen molar-refractivity contribution in [3.8, 4) is 0 Å². The Labute approximate surface area is 170 Å². The summed E-state index contributed by atoms with van der Waals surface area (Å²) >= 11 is 0. The van der Waals surface area contributed by atoms with Gasteiger partial charge in [0.15, 0.2) is 12.2 Å². The van der Waals surface area contributed by atoms with Crippen LogP contribution in [0, 0.1) is 0 Å². The van der Waals surface area contributed by atoms with Crippen LogP contribution in [-0.4, -0.2) is 67.3 Å². The van der Waals surface area contributed by atoms with E-state index in [9.17, 15) is 14.4 Å². The van der Waals surface area contributed by atoms with Crippen molar-refractivity contribution in [1.29, 1.82) is 0 Å². The minimum Gasteiger partial charge on any atom is -0.479 e. The van der Waals surface area contributed by atoms with E-state index < -0.39 is 30.1 Å². The average Bonchev–Trinajstić information content (AvgIpc) is 3.51. The van der Waals surface area contributed by atoms with Crippen LogP contribution in [-0.2, 0) is 25.5 Å². The van der Waals surface area contributed by atoms with Gasteiger partial charge in [-0.05, 0) is 44.5 Å². The lowest BCUT2D eigenvalue weighted by Gasteiger charge is -2.18. The lowest BCUT2D eigenvalue weighted by Crippen LogP contribution is -2.50. The first kappa shape index (κ1) is 22.8. The molecule has 0 unspecified atom stereocenters. The average molecular weight is 406 g/mol. The molecule has 9 nitrogen and oxygen atoms in total. The van der Waals surface area contributed by atoms with Crippen LogP contribution in [0.2, 0.25) is 0 Å². The second-order valence-electron chi connectivity index (χ2n) is 6.96. The van der Waals surface area contributed by atoms with E-state index >= 15 is 0 Å². The SMILES string of the molecule is NCCCCNCCCNC(=O)[C@H](Cc1ccccc1)NC(=O)[C@@H]1O[C@H]1C(=O)O. The lowest BCUT2D eigenvalue weighted by molar-refractivity contribution is -0.138. The summed E-state index contributed by atoms with van der Waals surface area (Å²) in [6.45, 7) is 2.83. The maximum atomic E-state index is 12.6. The molecule has 0 bridgehead atoms. The van der Waals surface area contributed by atoms with Crippen LogP contribution in [0.4, 0.5) is 0 Å². The Balaban J connectivity index is 1.80. The number of nitrogens with one attached hydrogen (secondary N) is 3. The molecule has 1 saturated heterocycles. The molecular formula is C20H30N4O5.